The molecule has 2 N–H and O–H groups in total. The van der Waals surface area contributed by atoms with E-state index in [0.717, 1.165) is 17.3 Å². The molecule has 2 aromatic rings. The number of rotatable bonds is 1. The van der Waals surface area contributed by atoms with E-state index in [1.807, 2.05) is 31.2 Å². The number of aromatic nitrogens is 1. The van der Waals surface area contributed by atoms with Crippen molar-refractivity contribution < 1.29 is 9.90 Å². The first-order valence-electron chi connectivity index (χ1n) is 7.58. The highest BCUT2D eigenvalue weighted by Gasteiger charge is 2.30. The lowest BCUT2D eigenvalue weighted by Gasteiger charge is -2.34. The Morgan fingerprint density at radius 2 is 2.09 bits per heavy atom. The van der Waals surface area contributed by atoms with Gasteiger partial charge in [0.15, 0.2) is 0 Å². The van der Waals surface area contributed by atoms with E-state index in [1.54, 1.807) is 11.8 Å². The summed E-state index contributed by atoms with van der Waals surface area (Å²) in [5.41, 5.74) is 1.24. The summed E-state index contributed by atoms with van der Waals surface area (Å²) >= 11 is 0. The maximum Gasteiger partial charge on any atom is 0.261 e. The minimum Gasteiger partial charge on any atom is -0.391 e. The van der Waals surface area contributed by atoms with Crippen molar-refractivity contribution >= 4 is 16.8 Å². The quantitative estimate of drug-likeness (QED) is 0.841. The van der Waals surface area contributed by atoms with E-state index in [9.17, 15) is 14.7 Å². The fourth-order valence-corrected chi connectivity index (χ4v) is 3.06. The summed E-state index contributed by atoms with van der Waals surface area (Å²) in [5.74, 6) is -0.115. The summed E-state index contributed by atoms with van der Waals surface area (Å²) in [6.45, 7) is 4.63. The van der Waals surface area contributed by atoms with Crippen LogP contribution in [0, 0.1) is 12.8 Å². The number of amides is 1. The summed E-state index contributed by atoms with van der Waals surface area (Å²) in [6, 6.07) is 7.45. The number of aromatic amines is 1. The predicted octanol–water partition coefficient (Wildman–Crippen LogP) is 1.68. The summed E-state index contributed by atoms with van der Waals surface area (Å²) in [4.78, 5) is 29.4. The molecule has 1 aromatic carbocycles. The highest BCUT2D eigenvalue weighted by molar-refractivity contribution is 5.99. The SMILES string of the molecule is Cc1c(C(=O)N2CCC(C)C(O)C2)c(=O)[nH]c2ccccc12. The molecule has 0 spiro atoms. The molecule has 0 radical (unpaired) electrons. The molecular weight excluding hydrogens is 280 g/mol. The zero-order valence-corrected chi connectivity index (χ0v) is 12.8. The first-order valence-corrected chi connectivity index (χ1v) is 7.58. The maximum atomic E-state index is 12.7. The van der Waals surface area contributed by atoms with E-state index in [-0.39, 0.29) is 29.5 Å². The average Bonchev–Trinajstić information content (AvgIpc) is 2.50. The van der Waals surface area contributed by atoms with Crippen LogP contribution in [0.15, 0.2) is 29.1 Å². The predicted molar refractivity (Wildman–Crippen MR) is 85.0 cm³/mol. The molecule has 0 aliphatic carbocycles. The van der Waals surface area contributed by atoms with Gasteiger partial charge < -0.3 is 15.0 Å². The zero-order chi connectivity index (χ0) is 15.9. The van der Waals surface area contributed by atoms with Crippen molar-refractivity contribution in [3.05, 3.63) is 45.7 Å². The summed E-state index contributed by atoms with van der Waals surface area (Å²) in [5, 5.41) is 10.8. The summed E-state index contributed by atoms with van der Waals surface area (Å²) < 4.78 is 0. The van der Waals surface area contributed by atoms with E-state index in [2.05, 4.69) is 4.98 Å². The molecule has 5 nitrogen and oxygen atoms in total. The Kier molecular flexibility index (Phi) is 3.74. The van der Waals surface area contributed by atoms with Crippen LogP contribution in [-0.2, 0) is 0 Å². The summed E-state index contributed by atoms with van der Waals surface area (Å²) in [6.07, 6.45) is 0.217. The van der Waals surface area contributed by atoms with Crippen LogP contribution < -0.4 is 5.56 Å². The molecule has 1 fully saturated rings. The number of likely N-dealkylation sites (tertiary alicyclic amines) is 1. The number of hydrogen-bond acceptors (Lipinski definition) is 3. The number of carbonyl (C=O) groups is 1. The molecule has 2 atom stereocenters. The van der Waals surface area contributed by atoms with Gasteiger partial charge in [0.25, 0.3) is 11.5 Å². The standard InChI is InChI=1S/C17H20N2O3/c1-10-7-8-19(9-14(10)20)17(22)15-11(2)12-5-3-4-6-13(12)18-16(15)21/h3-6,10,14,20H,7-9H2,1-2H3,(H,18,21). The Bertz CT molecular complexity index is 781. The van der Waals surface area contributed by atoms with Crippen LogP contribution in [0.4, 0.5) is 0 Å². The van der Waals surface area contributed by atoms with Crippen LogP contribution in [0.3, 0.4) is 0 Å². The highest BCUT2D eigenvalue weighted by Crippen LogP contribution is 2.21. The molecule has 116 valence electrons. The van der Waals surface area contributed by atoms with Crippen molar-refractivity contribution in [3.8, 4) is 0 Å². The van der Waals surface area contributed by atoms with Gasteiger partial charge in [-0.05, 0) is 30.9 Å². The van der Waals surface area contributed by atoms with E-state index in [4.69, 9.17) is 0 Å². The number of β-amino-alcohol motifs (C(OH)–C–C–N with tert-alkyl or cyclic N) is 1. The number of nitrogens with zero attached hydrogens (tertiary/aromatic N) is 1. The molecule has 1 aliphatic heterocycles. The van der Waals surface area contributed by atoms with Gasteiger partial charge in [0.1, 0.15) is 5.56 Å². The Morgan fingerprint density at radius 1 is 1.36 bits per heavy atom. The number of para-hydroxylation sites is 1. The van der Waals surface area contributed by atoms with Crippen molar-refractivity contribution in [2.45, 2.75) is 26.4 Å². The van der Waals surface area contributed by atoms with Gasteiger partial charge in [-0.15, -0.1) is 0 Å². The Labute approximate surface area is 128 Å². The third-order valence-electron chi connectivity index (χ3n) is 4.60. The second-order valence-corrected chi connectivity index (χ2v) is 6.08. The molecule has 1 aromatic heterocycles. The monoisotopic (exact) mass is 300 g/mol. The van der Waals surface area contributed by atoms with Crippen LogP contribution in [0.25, 0.3) is 10.9 Å². The molecule has 0 bridgehead atoms. The number of benzene rings is 1. The third kappa shape index (κ3) is 2.41. The van der Waals surface area contributed by atoms with Gasteiger partial charge in [-0.3, -0.25) is 9.59 Å². The van der Waals surface area contributed by atoms with Crippen LogP contribution in [0.5, 0.6) is 0 Å². The van der Waals surface area contributed by atoms with Crippen LogP contribution in [0.2, 0.25) is 0 Å². The van der Waals surface area contributed by atoms with Gasteiger partial charge >= 0.3 is 0 Å². The largest absolute Gasteiger partial charge is 0.391 e. The number of aliphatic hydroxyl groups excluding tert-OH is 1. The second-order valence-electron chi connectivity index (χ2n) is 6.08. The number of pyridine rings is 1. The molecule has 22 heavy (non-hydrogen) atoms. The highest BCUT2D eigenvalue weighted by atomic mass is 16.3. The molecule has 1 saturated heterocycles. The third-order valence-corrected chi connectivity index (χ3v) is 4.60. The lowest BCUT2D eigenvalue weighted by Crippen LogP contribution is -2.47. The molecule has 1 aliphatic rings. The van der Waals surface area contributed by atoms with E-state index in [0.29, 0.717) is 12.1 Å². The number of hydrogen-bond donors (Lipinski definition) is 2. The number of aliphatic hydroxyl groups is 1. The molecule has 5 heteroatoms. The van der Waals surface area contributed by atoms with Crippen molar-refractivity contribution in [2.24, 2.45) is 5.92 Å². The molecule has 2 heterocycles. The van der Waals surface area contributed by atoms with E-state index in [1.165, 1.54) is 0 Å². The number of piperidine rings is 1. The van der Waals surface area contributed by atoms with E-state index < -0.39 is 6.10 Å². The second kappa shape index (κ2) is 5.57. The molecule has 0 saturated carbocycles. The topological polar surface area (TPSA) is 73.4 Å². The molecular formula is C17H20N2O3. The maximum absolute atomic E-state index is 12.7. The molecule has 3 rings (SSSR count). The summed E-state index contributed by atoms with van der Waals surface area (Å²) in [7, 11) is 0. The minimum absolute atomic E-state index is 0.181. The van der Waals surface area contributed by atoms with Gasteiger partial charge in [0.2, 0.25) is 0 Å². The lowest BCUT2D eigenvalue weighted by molar-refractivity contribution is 0.0247. The van der Waals surface area contributed by atoms with Gasteiger partial charge in [-0.25, -0.2) is 0 Å². The van der Waals surface area contributed by atoms with Crippen LogP contribution in [-0.4, -0.2) is 40.1 Å². The van der Waals surface area contributed by atoms with Crippen LogP contribution in [0.1, 0.15) is 29.3 Å². The number of carbonyl (C=O) groups excluding carboxylic acids is 1. The smallest absolute Gasteiger partial charge is 0.261 e. The fourth-order valence-electron chi connectivity index (χ4n) is 3.06. The average molecular weight is 300 g/mol. The Balaban J connectivity index is 2.03. The van der Waals surface area contributed by atoms with Crippen molar-refractivity contribution in [3.63, 3.8) is 0 Å². The lowest BCUT2D eigenvalue weighted by atomic mass is 9.95. The first kappa shape index (κ1) is 14.8. The number of nitrogens with one attached hydrogen (secondary N) is 1. The molecule has 1 amide bonds. The van der Waals surface area contributed by atoms with Crippen molar-refractivity contribution in [1.29, 1.82) is 0 Å². The van der Waals surface area contributed by atoms with Gasteiger partial charge in [0, 0.05) is 24.0 Å². The number of H-pyrrole nitrogens is 1. The molecule has 2 unspecified atom stereocenters. The van der Waals surface area contributed by atoms with Crippen molar-refractivity contribution in [1.82, 2.24) is 9.88 Å². The van der Waals surface area contributed by atoms with Crippen molar-refractivity contribution in [2.75, 3.05) is 13.1 Å². The Hall–Kier alpha value is -2.14. The minimum atomic E-state index is -0.530. The Morgan fingerprint density at radius 3 is 2.82 bits per heavy atom. The van der Waals surface area contributed by atoms with E-state index >= 15 is 0 Å². The van der Waals surface area contributed by atoms with Gasteiger partial charge in [0.05, 0.1) is 6.10 Å². The van der Waals surface area contributed by atoms with Crippen LogP contribution >= 0.6 is 0 Å². The first-order chi connectivity index (χ1) is 10.5. The normalized spacial score (nSPS) is 22.0. The fraction of sp³-hybridized carbons (Fsp3) is 0.412. The number of aryl methyl sites for hydroxylation is 1. The van der Waals surface area contributed by atoms with Gasteiger partial charge in [-0.1, -0.05) is 25.1 Å². The van der Waals surface area contributed by atoms with Gasteiger partial charge in [-0.2, -0.15) is 0 Å². The number of fused-ring (bicyclic) bond motifs is 1. The zero-order valence-electron chi connectivity index (χ0n) is 12.8.